The average molecular weight is 501 g/mol. The van der Waals surface area contributed by atoms with Gasteiger partial charge < -0.3 is 19.3 Å². The van der Waals surface area contributed by atoms with E-state index in [-0.39, 0.29) is 29.1 Å². The molecule has 3 aromatic rings. The minimum absolute atomic E-state index is 0.243. The van der Waals surface area contributed by atoms with E-state index < -0.39 is 6.09 Å². The molecule has 0 bridgehead atoms. The Hall–Kier alpha value is -3.18. The van der Waals surface area contributed by atoms with Crippen molar-refractivity contribution in [3.8, 4) is 11.5 Å². The van der Waals surface area contributed by atoms with Gasteiger partial charge in [0, 0.05) is 25.3 Å². The number of thiazole rings is 1. The summed E-state index contributed by atoms with van der Waals surface area (Å²) in [5.41, 5.74) is 0.514. The molecular formula is C24H28N4O6S. The highest BCUT2D eigenvalue weighted by Gasteiger charge is 2.48. The van der Waals surface area contributed by atoms with Crippen molar-refractivity contribution >= 4 is 27.8 Å². The smallest absolute Gasteiger partial charge is 0.407 e. The predicted molar refractivity (Wildman–Crippen MR) is 130 cm³/mol. The summed E-state index contributed by atoms with van der Waals surface area (Å²) in [5, 5.41) is 10.2. The van der Waals surface area contributed by atoms with Crippen molar-refractivity contribution < 1.29 is 24.1 Å². The topological polar surface area (TPSA) is 116 Å². The van der Waals surface area contributed by atoms with E-state index in [0.717, 1.165) is 24.8 Å². The number of ether oxygens (including phenoxy) is 3. The molecule has 5 rings (SSSR count). The van der Waals surface area contributed by atoms with Gasteiger partial charge in [-0.3, -0.25) is 14.3 Å². The Labute approximate surface area is 206 Å². The molecule has 1 N–H and O–H groups in total. The van der Waals surface area contributed by atoms with Gasteiger partial charge in [0.25, 0.3) is 5.56 Å². The van der Waals surface area contributed by atoms with E-state index in [9.17, 15) is 14.7 Å². The lowest BCUT2D eigenvalue weighted by Crippen LogP contribution is -2.32. The van der Waals surface area contributed by atoms with Gasteiger partial charge in [-0.05, 0) is 37.8 Å². The second kappa shape index (κ2) is 9.12. The summed E-state index contributed by atoms with van der Waals surface area (Å²) in [6, 6.07) is 5.15. The van der Waals surface area contributed by atoms with Crippen LogP contribution in [0.25, 0.3) is 10.3 Å². The first-order valence-electron chi connectivity index (χ1n) is 11.5. The molecule has 1 saturated heterocycles. The van der Waals surface area contributed by atoms with Crippen molar-refractivity contribution in [2.75, 3.05) is 34.5 Å². The van der Waals surface area contributed by atoms with E-state index in [1.54, 1.807) is 32.0 Å². The highest BCUT2D eigenvalue weighted by molar-refractivity contribution is 7.18. The molecule has 1 atom stereocenters. The lowest BCUT2D eigenvalue weighted by Gasteiger charge is -2.20. The summed E-state index contributed by atoms with van der Waals surface area (Å²) in [5.74, 6) is 1.95. The number of likely N-dealkylation sites (tertiary alicyclic amines) is 1. The minimum Gasteiger partial charge on any atom is -0.497 e. The first-order valence-corrected chi connectivity index (χ1v) is 12.3. The number of hydrogen-bond acceptors (Lipinski definition) is 8. The standard InChI is InChI=1S/C24H28N4O6S/c1-32-13-24(8-9-24)22-26-20-18(25-19(35-20)16-5-4-10-27(16)23(30)31)21(29)28(22)12-14-6-7-15(33-2)11-17(14)34-3/h6-7,11,16H,4-5,8-10,12-13H2,1-3H3,(H,30,31)/t16-/m1/s1. The van der Waals surface area contributed by atoms with Crippen molar-refractivity contribution in [2.24, 2.45) is 0 Å². The number of carbonyl (C=O) groups is 1. The fraction of sp³-hybridized carbons (Fsp3) is 0.500. The van der Waals surface area contributed by atoms with E-state index in [4.69, 9.17) is 19.2 Å². The van der Waals surface area contributed by atoms with Crippen LogP contribution in [-0.4, -0.2) is 65.1 Å². The maximum atomic E-state index is 13.8. The molecule has 2 aliphatic rings. The Morgan fingerprint density at radius 3 is 2.69 bits per heavy atom. The largest absolute Gasteiger partial charge is 0.497 e. The number of fused-ring (bicyclic) bond motifs is 1. The van der Waals surface area contributed by atoms with Gasteiger partial charge in [0.1, 0.15) is 22.3 Å². The molecule has 0 unspecified atom stereocenters. The van der Waals surface area contributed by atoms with Gasteiger partial charge in [0.2, 0.25) is 0 Å². The monoisotopic (exact) mass is 500 g/mol. The Balaban J connectivity index is 1.64. The molecule has 186 valence electrons. The van der Waals surface area contributed by atoms with Crippen LogP contribution in [0.15, 0.2) is 23.0 Å². The Kier molecular flexibility index (Phi) is 6.14. The van der Waals surface area contributed by atoms with Crippen molar-refractivity contribution in [1.29, 1.82) is 0 Å². The molecule has 1 aromatic carbocycles. The van der Waals surface area contributed by atoms with Crippen molar-refractivity contribution in [2.45, 2.75) is 43.7 Å². The number of rotatable bonds is 8. The first-order chi connectivity index (χ1) is 16.9. The summed E-state index contributed by atoms with van der Waals surface area (Å²) in [6.45, 7) is 1.19. The number of nitrogens with zero attached hydrogens (tertiary/aromatic N) is 4. The SMILES string of the molecule is COCC1(c2nc3sc([C@H]4CCCN4C(=O)O)nc3c(=O)n2Cc2ccc(OC)cc2OC)CC1. The van der Waals surface area contributed by atoms with Gasteiger partial charge in [0.05, 0.1) is 38.8 Å². The number of amides is 1. The van der Waals surface area contributed by atoms with Gasteiger partial charge in [-0.15, -0.1) is 0 Å². The number of benzene rings is 1. The number of aromatic nitrogens is 3. The number of methoxy groups -OCH3 is 3. The quantitative estimate of drug-likeness (QED) is 0.500. The summed E-state index contributed by atoms with van der Waals surface area (Å²) in [4.78, 5) is 37.0. The number of carboxylic acid groups (broad SMARTS) is 1. The third-order valence-electron chi connectivity index (χ3n) is 6.89. The Morgan fingerprint density at radius 1 is 1.23 bits per heavy atom. The Bertz CT molecular complexity index is 1330. The van der Waals surface area contributed by atoms with Gasteiger partial charge >= 0.3 is 6.09 Å². The third kappa shape index (κ3) is 4.12. The van der Waals surface area contributed by atoms with E-state index in [2.05, 4.69) is 4.98 Å². The molecular weight excluding hydrogens is 472 g/mol. The highest BCUT2D eigenvalue weighted by atomic mass is 32.1. The normalized spacial score (nSPS) is 18.7. The summed E-state index contributed by atoms with van der Waals surface area (Å²) in [7, 11) is 4.82. The van der Waals surface area contributed by atoms with Crippen LogP contribution < -0.4 is 15.0 Å². The fourth-order valence-corrected chi connectivity index (χ4v) is 5.96. The fourth-order valence-electron chi connectivity index (χ4n) is 4.88. The second-order valence-corrected chi connectivity index (χ2v) is 10.1. The van der Waals surface area contributed by atoms with Crippen LogP contribution in [0.3, 0.4) is 0 Å². The van der Waals surface area contributed by atoms with Crippen LogP contribution in [-0.2, 0) is 16.7 Å². The molecule has 1 amide bonds. The highest BCUT2D eigenvalue weighted by Crippen LogP contribution is 2.48. The molecule has 10 nitrogen and oxygen atoms in total. The van der Waals surface area contributed by atoms with E-state index >= 15 is 0 Å². The number of hydrogen-bond donors (Lipinski definition) is 1. The van der Waals surface area contributed by atoms with Gasteiger partial charge in [-0.1, -0.05) is 11.3 Å². The van der Waals surface area contributed by atoms with Gasteiger partial charge in [-0.2, -0.15) is 0 Å². The van der Waals surface area contributed by atoms with E-state index in [1.165, 1.54) is 16.2 Å². The summed E-state index contributed by atoms with van der Waals surface area (Å²) < 4.78 is 18.0. The molecule has 1 saturated carbocycles. The predicted octanol–water partition coefficient (Wildman–Crippen LogP) is 3.41. The maximum Gasteiger partial charge on any atom is 0.407 e. The Morgan fingerprint density at radius 2 is 2.03 bits per heavy atom. The van der Waals surface area contributed by atoms with Crippen LogP contribution in [0.4, 0.5) is 4.79 Å². The zero-order valence-corrected chi connectivity index (χ0v) is 20.8. The molecule has 1 aliphatic carbocycles. The van der Waals surface area contributed by atoms with Crippen LogP contribution >= 0.6 is 11.3 Å². The lowest BCUT2D eigenvalue weighted by atomic mass is 10.1. The van der Waals surface area contributed by atoms with E-state index in [1.807, 2.05) is 12.1 Å². The molecule has 2 aromatic heterocycles. The molecule has 35 heavy (non-hydrogen) atoms. The molecule has 3 heterocycles. The average Bonchev–Trinajstić information content (AvgIpc) is 3.27. The molecule has 1 aliphatic heterocycles. The van der Waals surface area contributed by atoms with Crippen LogP contribution in [0.5, 0.6) is 11.5 Å². The zero-order chi connectivity index (χ0) is 24.7. The minimum atomic E-state index is -0.971. The summed E-state index contributed by atoms with van der Waals surface area (Å²) >= 11 is 1.31. The lowest BCUT2D eigenvalue weighted by molar-refractivity contribution is 0.140. The van der Waals surface area contributed by atoms with E-state index in [0.29, 0.717) is 46.7 Å². The van der Waals surface area contributed by atoms with Crippen molar-refractivity contribution in [3.05, 3.63) is 44.9 Å². The van der Waals surface area contributed by atoms with Gasteiger partial charge in [-0.25, -0.2) is 14.8 Å². The maximum absolute atomic E-state index is 13.8. The van der Waals surface area contributed by atoms with Crippen LogP contribution in [0.1, 0.15) is 48.1 Å². The van der Waals surface area contributed by atoms with Gasteiger partial charge in [0.15, 0.2) is 10.3 Å². The molecule has 11 heteroatoms. The first kappa shape index (κ1) is 23.6. The van der Waals surface area contributed by atoms with Crippen LogP contribution in [0, 0.1) is 0 Å². The molecule has 0 spiro atoms. The third-order valence-corrected chi connectivity index (χ3v) is 7.94. The molecule has 0 radical (unpaired) electrons. The van der Waals surface area contributed by atoms with Crippen molar-refractivity contribution in [1.82, 2.24) is 19.4 Å². The van der Waals surface area contributed by atoms with Crippen LogP contribution in [0.2, 0.25) is 0 Å². The second-order valence-electron chi connectivity index (χ2n) is 9.06. The summed E-state index contributed by atoms with van der Waals surface area (Å²) in [6.07, 6.45) is 2.23. The van der Waals surface area contributed by atoms with Crippen molar-refractivity contribution in [3.63, 3.8) is 0 Å². The molecule has 2 fully saturated rings. The zero-order valence-electron chi connectivity index (χ0n) is 19.9.